The Kier molecular flexibility index (Phi) is 3.43. The summed E-state index contributed by atoms with van der Waals surface area (Å²) < 4.78 is 5.51. The molecule has 1 aromatic rings. The van der Waals surface area contributed by atoms with Gasteiger partial charge in [-0.05, 0) is 68.3 Å². The summed E-state index contributed by atoms with van der Waals surface area (Å²) in [6.45, 7) is 5.43. The van der Waals surface area contributed by atoms with Crippen molar-refractivity contribution in [3.63, 3.8) is 0 Å². The van der Waals surface area contributed by atoms with E-state index in [1.165, 1.54) is 29.5 Å². The van der Waals surface area contributed by atoms with E-state index in [1.54, 1.807) is 7.11 Å². The van der Waals surface area contributed by atoms with Crippen molar-refractivity contribution in [3.8, 4) is 5.75 Å². The second-order valence-corrected chi connectivity index (χ2v) is 5.46. The summed E-state index contributed by atoms with van der Waals surface area (Å²) in [5.41, 5.74) is 4.53. The zero-order valence-electron chi connectivity index (χ0n) is 11.4. The van der Waals surface area contributed by atoms with Gasteiger partial charge in [0.25, 0.3) is 0 Å². The maximum absolute atomic E-state index is 5.51. The highest BCUT2D eigenvalue weighted by Gasteiger charge is 2.42. The lowest BCUT2D eigenvalue weighted by Gasteiger charge is -2.18. The highest BCUT2D eigenvalue weighted by molar-refractivity contribution is 5.42. The first-order chi connectivity index (χ1) is 8.10. The Hall–Kier alpha value is -1.02. The van der Waals surface area contributed by atoms with Gasteiger partial charge in [-0.2, -0.15) is 0 Å². The van der Waals surface area contributed by atoms with Crippen molar-refractivity contribution < 1.29 is 4.74 Å². The van der Waals surface area contributed by atoms with Crippen LogP contribution < -0.4 is 10.1 Å². The fourth-order valence-electron chi connectivity index (χ4n) is 2.55. The van der Waals surface area contributed by atoms with Crippen LogP contribution in [0.25, 0.3) is 0 Å². The van der Waals surface area contributed by atoms with Crippen LogP contribution in [0, 0.1) is 19.3 Å². The van der Waals surface area contributed by atoms with Gasteiger partial charge in [0.05, 0.1) is 7.11 Å². The molecule has 2 nitrogen and oxygen atoms in total. The maximum Gasteiger partial charge on any atom is 0.122 e. The quantitative estimate of drug-likeness (QED) is 0.844. The van der Waals surface area contributed by atoms with Crippen molar-refractivity contribution >= 4 is 0 Å². The van der Waals surface area contributed by atoms with E-state index in [2.05, 4.69) is 31.3 Å². The number of ether oxygens (including phenoxy) is 1. The predicted octanol–water partition coefficient (Wildman–Crippen LogP) is 2.85. The number of aryl methyl sites for hydroxylation is 2. The van der Waals surface area contributed by atoms with Crippen LogP contribution in [0.4, 0.5) is 0 Å². The summed E-state index contributed by atoms with van der Waals surface area (Å²) in [5.74, 6) is 1.05. The molecule has 2 heteroatoms. The number of rotatable bonds is 5. The van der Waals surface area contributed by atoms with Crippen LogP contribution in [-0.2, 0) is 6.42 Å². The molecule has 2 rings (SSSR count). The molecule has 0 radical (unpaired) electrons. The summed E-state index contributed by atoms with van der Waals surface area (Å²) in [6, 6.07) is 4.46. The molecular formula is C15H23NO. The topological polar surface area (TPSA) is 21.3 Å². The first-order valence-electron chi connectivity index (χ1n) is 6.39. The van der Waals surface area contributed by atoms with Crippen LogP contribution in [0.15, 0.2) is 12.1 Å². The van der Waals surface area contributed by atoms with Crippen LogP contribution in [0.5, 0.6) is 5.75 Å². The van der Waals surface area contributed by atoms with Gasteiger partial charge in [-0.1, -0.05) is 6.07 Å². The van der Waals surface area contributed by atoms with Crippen LogP contribution in [-0.4, -0.2) is 20.7 Å². The van der Waals surface area contributed by atoms with Crippen molar-refractivity contribution in [2.24, 2.45) is 5.41 Å². The largest absolute Gasteiger partial charge is 0.496 e. The van der Waals surface area contributed by atoms with Crippen LogP contribution >= 0.6 is 0 Å². The highest BCUT2D eigenvalue weighted by atomic mass is 16.5. The zero-order valence-corrected chi connectivity index (χ0v) is 11.4. The van der Waals surface area contributed by atoms with Crippen molar-refractivity contribution in [1.29, 1.82) is 0 Å². The Bertz CT molecular complexity index is 408. The third-order valence-corrected chi connectivity index (χ3v) is 3.97. The molecular weight excluding hydrogens is 210 g/mol. The predicted molar refractivity (Wildman–Crippen MR) is 71.8 cm³/mol. The van der Waals surface area contributed by atoms with E-state index in [1.807, 2.05) is 7.05 Å². The fraction of sp³-hybridized carbons (Fsp3) is 0.600. The highest BCUT2D eigenvalue weighted by Crippen LogP contribution is 2.49. The molecule has 1 aromatic carbocycles. The van der Waals surface area contributed by atoms with Crippen molar-refractivity contribution in [2.75, 3.05) is 20.7 Å². The Morgan fingerprint density at radius 3 is 2.41 bits per heavy atom. The van der Waals surface area contributed by atoms with Gasteiger partial charge in [-0.15, -0.1) is 0 Å². The van der Waals surface area contributed by atoms with Crippen molar-refractivity contribution in [2.45, 2.75) is 33.1 Å². The molecule has 0 spiro atoms. The minimum atomic E-state index is 0.490. The average molecular weight is 233 g/mol. The maximum atomic E-state index is 5.51. The molecule has 0 bridgehead atoms. The zero-order chi connectivity index (χ0) is 12.5. The van der Waals surface area contributed by atoms with Gasteiger partial charge in [0.15, 0.2) is 0 Å². The first kappa shape index (κ1) is 12.4. The van der Waals surface area contributed by atoms with Gasteiger partial charge < -0.3 is 10.1 Å². The molecule has 17 heavy (non-hydrogen) atoms. The summed E-state index contributed by atoms with van der Waals surface area (Å²) in [4.78, 5) is 0. The molecule has 1 aliphatic carbocycles. The summed E-state index contributed by atoms with van der Waals surface area (Å²) in [7, 11) is 3.81. The lowest BCUT2D eigenvalue weighted by atomic mass is 9.93. The summed E-state index contributed by atoms with van der Waals surface area (Å²) >= 11 is 0. The van der Waals surface area contributed by atoms with Crippen LogP contribution in [0.1, 0.15) is 29.5 Å². The molecule has 0 unspecified atom stereocenters. The van der Waals surface area contributed by atoms with Crippen LogP contribution in [0.2, 0.25) is 0 Å². The molecule has 0 aliphatic heterocycles. The lowest BCUT2D eigenvalue weighted by Crippen LogP contribution is -2.22. The Balaban J connectivity index is 2.23. The third kappa shape index (κ3) is 2.63. The first-order valence-corrected chi connectivity index (χ1v) is 6.39. The lowest BCUT2D eigenvalue weighted by molar-refractivity contribution is 0.398. The Labute approximate surface area is 104 Å². The van der Waals surface area contributed by atoms with Gasteiger partial charge in [0.1, 0.15) is 5.75 Å². The second kappa shape index (κ2) is 4.69. The number of hydrogen-bond donors (Lipinski definition) is 1. The number of benzene rings is 1. The van der Waals surface area contributed by atoms with Crippen molar-refractivity contribution in [3.05, 3.63) is 28.8 Å². The fourth-order valence-corrected chi connectivity index (χ4v) is 2.55. The minimum absolute atomic E-state index is 0.490. The number of methoxy groups -OCH3 is 1. The van der Waals surface area contributed by atoms with Crippen LogP contribution in [0.3, 0.4) is 0 Å². The van der Waals surface area contributed by atoms with Gasteiger partial charge >= 0.3 is 0 Å². The van der Waals surface area contributed by atoms with E-state index in [9.17, 15) is 0 Å². The molecule has 94 valence electrons. The number of nitrogens with one attached hydrogen (secondary N) is 1. The van der Waals surface area contributed by atoms with Gasteiger partial charge in [0.2, 0.25) is 0 Å². The molecule has 0 aromatic heterocycles. The molecule has 1 fully saturated rings. The van der Waals surface area contributed by atoms with E-state index < -0.39 is 0 Å². The van der Waals surface area contributed by atoms with E-state index in [0.29, 0.717) is 5.41 Å². The number of hydrogen-bond acceptors (Lipinski definition) is 2. The van der Waals surface area contributed by atoms with E-state index >= 15 is 0 Å². The molecule has 0 atom stereocenters. The molecule has 1 N–H and O–H groups in total. The van der Waals surface area contributed by atoms with Gasteiger partial charge in [-0.3, -0.25) is 0 Å². The van der Waals surface area contributed by atoms with E-state index in [4.69, 9.17) is 4.74 Å². The average Bonchev–Trinajstić information content (AvgIpc) is 3.03. The normalized spacial score (nSPS) is 16.9. The Morgan fingerprint density at radius 1 is 1.24 bits per heavy atom. The Morgan fingerprint density at radius 2 is 1.88 bits per heavy atom. The molecule has 0 amide bonds. The summed E-state index contributed by atoms with van der Waals surface area (Å²) in [5, 5.41) is 3.31. The van der Waals surface area contributed by atoms with E-state index in [-0.39, 0.29) is 0 Å². The molecule has 1 aliphatic rings. The molecule has 0 heterocycles. The second-order valence-electron chi connectivity index (χ2n) is 5.46. The van der Waals surface area contributed by atoms with Gasteiger partial charge in [-0.25, -0.2) is 0 Å². The minimum Gasteiger partial charge on any atom is -0.496 e. The summed E-state index contributed by atoms with van der Waals surface area (Å²) in [6.07, 6.45) is 3.81. The van der Waals surface area contributed by atoms with Gasteiger partial charge in [0, 0.05) is 6.54 Å². The molecule has 1 saturated carbocycles. The standard InChI is InChI=1S/C15H23NO/c1-11-7-13(14(17-4)8-12(11)2)9-15(5-6-15)10-16-3/h7-8,16H,5-6,9-10H2,1-4H3. The SMILES string of the molecule is CNCC1(Cc2cc(C)c(C)cc2OC)CC1. The third-order valence-electron chi connectivity index (χ3n) is 3.97. The van der Waals surface area contributed by atoms with E-state index in [0.717, 1.165) is 18.7 Å². The van der Waals surface area contributed by atoms with Crippen molar-refractivity contribution in [1.82, 2.24) is 5.32 Å². The smallest absolute Gasteiger partial charge is 0.122 e. The molecule has 0 saturated heterocycles. The monoisotopic (exact) mass is 233 g/mol.